The fourth-order valence-corrected chi connectivity index (χ4v) is 3.72. The molecule has 0 unspecified atom stereocenters. The van der Waals surface area contributed by atoms with Crippen LogP contribution in [0.4, 0.5) is 5.69 Å². The van der Waals surface area contributed by atoms with E-state index in [1.54, 1.807) is 6.07 Å². The SMILES string of the molecule is O=C(Nc1cc(Cl)c(Cl)cc1Cl)C1CCN(C(=O)Cc2ccccc2)CC1. The van der Waals surface area contributed by atoms with Crippen LogP contribution in [-0.4, -0.2) is 29.8 Å². The van der Waals surface area contributed by atoms with Gasteiger partial charge in [0.2, 0.25) is 11.8 Å². The Morgan fingerprint density at radius 3 is 2.26 bits per heavy atom. The van der Waals surface area contributed by atoms with Crippen molar-refractivity contribution >= 4 is 52.3 Å². The summed E-state index contributed by atoms with van der Waals surface area (Å²) < 4.78 is 0. The number of benzene rings is 2. The number of hydrogen-bond acceptors (Lipinski definition) is 2. The zero-order chi connectivity index (χ0) is 19.4. The Morgan fingerprint density at radius 2 is 1.59 bits per heavy atom. The highest BCUT2D eigenvalue weighted by molar-refractivity contribution is 6.44. The van der Waals surface area contributed by atoms with Crippen LogP contribution in [0.15, 0.2) is 42.5 Å². The zero-order valence-electron chi connectivity index (χ0n) is 14.6. The van der Waals surface area contributed by atoms with Gasteiger partial charge in [0, 0.05) is 19.0 Å². The number of carbonyl (C=O) groups excluding carboxylic acids is 2. The van der Waals surface area contributed by atoms with E-state index >= 15 is 0 Å². The molecule has 2 aromatic carbocycles. The summed E-state index contributed by atoms with van der Waals surface area (Å²) >= 11 is 18.0. The third-order valence-corrected chi connectivity index (χ3v) is 5.72. The topological polar surface area (TPSA) is 49.4 Å². The van der Waals surface area contributed by atoms with Crippen LogP contribution in [0.3, 0.4) is 0 Å². The van der Waals surface area contributed by atoms with Crippen LogP contribution in [0.5, 0.6) is 0 Å². The third-order valence-electron chi connectivity index (χ3n) is 4.68. The van der Waals surface area contributed by atoms with Gasteiger partial charge in [-0.2, -0.15) is 0 Å². The number of nitrogens with one attached hydrogen (secondary N) is 1. The number of carbonyl (C=O) groups is 2. The van der Waals surface area contributed by atoms with E-state index in [4.69, 9.17) is 34.8 Å². The number of piperidine rings is 1. The lowest BCUT2D eigenvalue weighted by molar-refractivity contribution is -0.133. The summed E-state index contributed by atoms with van der Waals surface area (Å²) in [5.74, 6) is -0.200. The molecule has 1 heterocycles. The van der Waals surface area contributed by atoms with E-state index < -0.39 is 0 Å². The van der Waals surface area contributed by atoms with Gasteiger partial charge in [0.15, 0.2) is 0 Å². The fourth-order valence-electron chi connectivity index (χ4n) is 3.13. The van der Waals surface area contributed by atoms with Crippen LogP contribution in [-0.2, 0) is 16.0 Å². The summed E-state index contributed by atoms with van der Waals surface area (Å²) in [6.07, 6.45) is 1.62. The third kappa shape index (κ3) is 5.16. The van der Waals surface area contributed by atoms with Crippen molar-refractivity contribution < 1.29 is 9.59 Å². The average Bonchev–Trinajstić information content (AvgIpc) is 2.67. The molecule has 2 aromatic rings. The molecule has 1 aliphatic rings. The van der Waals surface area contributed by atoms with Crippen molar-refractivity contribution in [3.63, 3.8) is 0 Å². The highest BCUT2D eigenvalue weighted by Crippen LogP contribution is 2.33. The van der Waals surface area contributed by atoms with Crippen LogP contribution >= 0.6 is 34.8 Å². The van der Waals surface area contributed by atoms with E-state index in [1.165, 1.54) is 6.07 Å². The van der Waals surface area contributed by atoms with Crippen LogP contribution < -0.4 is 5.32 Å². The molecule has 1 aliphatic heterocycles. The summed E-state index contributed by atoms with van der Waals surface area (Å²) in [5.41, 5.74) is 1.44. The van der Waals surface area contributed by atoms with Gasteiger partial charge in [-0.25, -0.2) is 0 Å². The highest BCUT2D eigenvalue weighted by Gasteiger charge is 2.27. The number of hydrogen-bond donors (Lipinski definition) is 1. The van der Waals surface area contributed by atoms with Crippen molar-refractivity contribution in [3.05, 3.63) is 63.1 Å². The smallest absolute Gasteiger partial charge is 0.227 e. The monoisotopic (exact) mass is 424 g/mol. The van der Waals surface area contributed by atoms with Crippen molar-refractivity contribution in [2.75, 3.05) is 18.4 Å². The number of halogens is 3. The standard InChI is InChI=1S/C20H19Cl3N2O2/c21-15-11-17(23)18(12-16(15)22)24-20(27)14-6-8-25(9-7-14)19(26)10-13-4-2-1-3-5-13/h1-5,11-12,14H,6-10H2,(H,24,27). The lowest BCUT2D eigenvalue weighted by atomic mass is 9.95. The second kappa shape index (κ2) is 8.96. The largest absolute Gasteiger partial charge is 0.342 e. The molecule has 0 bridgehead atoms. The van der Waals surface area contributed by atoms with Gasteiger partial charge in [-0.05, 0) is 30.5 Å². The second-order valence-corrected chi connectivity index (χ2v) is 7.77. The van der Waals surface area contributed by atoms with E-state index in [0.717, 1.165) is 5.56 Å². The van der Waals surface area contributed by atoms with Gasteiger partial charge >= 0.3 is 0 Å². The Labute approximate surface area is 173 Å². The molecule has 1 N–H and O–H groups in total. The lowest BCUT2D eigenvalue weighted by Gasteiger charge is -2.31. The molecular weight excluding hydrogens is 407 g/mol. The van der Waals surface area contributed by atoms with Crippen molar-refractivity contribution in [3.8, 4) is 0 Å². The van der Waals surface area contributed by atoms with Crippen molar-refractivity contribution in [1.82, 2.24) is 4.90 Å². The number of likely N-dealkylation sites (tertiary alicyclic amines) is 1. The summed E-state index contributed by atoms with van der Waals surface area (Å²) in [6.45, 7) is 1.14. The molecule has 0 aromatic heterocycles. The van der Waals surface area contributed by atoms with Crippen molar-refractivity contribution in [2.24, 2.45) is 5.92 Å². The molecule has 142 valence electrons. The molecule has 7 heteroatoms. The maximum Gasteiger partial charge on any atom is 0.227 e. The Bertz CT molecular complexity index is 835. The molecule has 3 rings (SSSR count). The Hall–Kier alpha value is -1.75. The maximum absolute atomic E-state index is 12.5. The van der Waals surface area contributed by atoms with E-state index in [-0.39, 0.29) is 17.7 Å². The van der Waals surface area contributed by atoms with Crippen molar-refractivity contribution in [1.29, 1.82) is 0 Å². The molecule has 2 amide bonds. The molecule has 1 saturated heterocycles. The molecule has 4 nitrogen and oxygen atoms in total. The average molecular weight is 426 g/mol. The highest BCUT2D eigenvalue weighted by atomic mass is 35.5. The molecule has 27 heavy (non-hydrogen) atoms. The van der Waals surface area contributed by atoms with Crippen LogP contribution in [0.2, 0.25) is 15.1 Å². The minimum atomic E-state index is -0.170. The summed E-state index contributed by atoms with van der Waals surface area (Å²) in [6, 6.07) is 12.7. The fraction of sp³-hybridized carbons (Fsp3) is 0.300. The summed E-state index contributed by atoms with van der Waals surface area (Å²) in [7, 11) is 0. The van der Waals surface area contributed by atoms with Crippen LogP contribution in [0.25, 0.3) is 0 Å². The van der Waals surface area contributed by atoms with Gasteiger partial charge in [-0.3, -0.25) is 9.59 Å². The number of anilines is 1. The van der Waals surface area contributed by atoms with E-state index in [9.17, 15) is 9.59 Å². The van der Waals surface area contributed by atoms with E-state index in [0.29, 0.717) is 53.1 Å². The van der Waals surface area contributed by atoms with Gasteiger partial charge in [0.25, 0.3) is 0 Å². The molecule has 1 fully saturated rings. The normalized spacial score (nSPS) is 14.9. The number of rotatable bonds is 4. The first-order chi connectivity index (χ1) is 12.9. The molecular formula is C20H19Cl3N2O2. The number of nitrogens with zero attached hydrogens (tertiary/aromatic N) is 1. The van der Waals surface area contributed by atoms with Crippen LogP contribution in [0, 0.1) is 5.92 Å². The second-order valence-electron chi connectivity index (χ2n) is 6.55. The minimum Gasteiger partial charge on any atom is -0.342 e. The van der Waals surface area contributed by atoms with Gasteiger partial charge in [-0.1, -0.05) is 65.1 Å². The molecule has 0 saturated carbocycles. The molecule has 0 aliphatic carbocycles. The lowest BCUT2D eigenvalue weighted by Crippen LogP contribution is -2.42. The first-order valence-corrected chi connectivity index (χ1v) is 9.84. The first kappa shape index (κ1) is 20.0. The van der Waals surface area contributed by atoms with Gasteiger partial charge in [0.05, 0.1) is 27.2 Å². The number of amides is 2. The van der Waals surface area contributed by atoms with E-state index in [1.807, 2.05) is 35.2 Å². The molecule has 0 spiro atoms. The van der Waals surface area contributed by atoms with Gasteiger partial charge in [0.1, 0.15) is 0 Å². The summed E-state index contributed by atoms with van der Waals surface area (Å²) in [5, 5.41) is 3.82. The maximum atomic E-state index is 12.5. The molecule has 0 radical (unpaired) electrons. The molecule has 0 atom stereocenters. The van der Waals surface area contributed by atoms with Gasteiger partial charge in [-0.15, -0.1) is 0 Å². The first-order valence-electron chi connectivity index (χ1n) is 8.71. The minimum absolute atomic E-state index is 0.0904. The van der Waals surface area contributed by atoms with Gasteiger partial charge < -0.3 is 10.2 Å². The zero-order valence-corrected chi connectivity index (χ0v) is 16.8. The Balaban J connectivity index is 1.53. The quantitative estimate of drug-likeness (QED) is 0.696. The Morgan fingerprint density at radius 1 is 0.963 bits per heavy atom. The Kier molecular flexibility index (Phi) is 6.64. The van der Waals surface area contributed by atoms with Crippen LogP contribution in [0.1, 0.15) is 18.4 Å². The predicted octanol–water partition coefficient (Wildman–Crippen LogP) is 5.07. The predicted molar refractivity (Wildman–Crippen MR) is 110 cm³/mol. The van der Waals surface area contributed by atoms with Crippen molar-refractivity contribution in [2.45, 2.75) is 19.3 Å². The van der Waals surface area contributed by atoms with E-state index in [2.05, 4.69) is 5.32 Å². The summed E-state index contributed by atoms with van der Waals surface area (Å²) in [4.78, 5) is 26.8.